The molecule has 0 amide bonds. The average molecular weight is 227 g/mol. The molecule has 1 aromatic carbocycles. The summed E-state index contributed by atoms with van der Waals surface area (Å²) in [6.45, 7) is 0. The Balaban J connectivity index is 0.000000640. The minimum atomic E-state index is 0. The van der Waals surface area contributed by atoms with Crippen LogP contribution in [0.4, 0.5) is 11.4 Å². The molecule has 0 saturated heterocycles. The van der Waals surface area contributed by atoms with Crippen LogP contribution in [0.25, 0.3) is 0 Å². The van der Waals surface area contributed by atoms with Crippen molar-refractivity contribution in [3.8, 4) is 0 Å². The zero-order valence-corrected chi connectivity index (χ0v) is 7.82. The zero-order valence-electron chi connectivity index (χ0n) is 4.96. The van der Waals surface area contributed by atoms with Crippen molar-refractivity contribution in [2.75, 3.05) is 11.5 Å². The summed E-state index contributed by atoms with van der Waals surface area (Å²) in [5.74, 6) is 0. The summed E-state index contributed by atoms with van der Waals surface area (Å²) in [4.78, 5) is 0. The van der Waals surface area contributed by atoms with Gasteiger partial charge in [0.1, 0.15) is 0 Å². The maximum Gasteiger partial charge on any atom is 0.0547 e. The minimum Gasteiger partial charge on any atom is -0.397 e. The molecule has 46 valence electrons. The fraction of sp³-hybridized carbons (Fsp3) is 0. The SMILES string of the molecule is Nc1ccccc1N.[Sn]. The van der Waals surface area contributed by atoms with E-state index in [-0.39, 0.29) is 23.9 Å². The molecule has 1 rings (SSSR count). The summed E-state index contributed by atoms with van der Waals surface area (Å²) in [7, 11) is 0. The molecule has 0 fully saturated rings. The molecule has 0 spiro atoms. The smallest absolute Gasteiger partial charge is 0.0547 e. The quantitative estimate of drug-likeness (QED) is 0.499. The fourth-order valence-corrected chi connectivity index (χ4v) is 0.511. The zero-order chi connectivity index (χ0) is 5.98. The topological polar surface area (TPSA) is 52.0 Å². The molecular weight excluding hydrogens is 219 g/mol. The van der Waals surface area contributed by atoms with Gasteiger partial charge in [-0.15, -0.1) is 0 Å². The van der Waals surface area contributed by atoms with Crippen LogP contribution in [-0.4, -0.2) is 23.9 Å². The molecular formula is C6H8N2Sn. The van der Waals surface area contributed by atoms with Gasteiger partial charge in [-0.25, -0.2) is 0 Å². The van der Waals surface area contributed by atoms with Crippen LogP contribution in [0.3, 0.4) is 0 Å². The number of hydrogen-bond acceptors (Lipinski definition) is 2. The van der Waals surface area contributed by atoms with E-state index < -0.39 is 0 Å². The van der Waals surface area contributed by atoms with Crippen molar-refractivity contribution in [1.82, 2.24) is 0 Å². The minimum absolute atomic E-state index is 0. The van der Waals surface area contributed by atoms with Crippen molar-refractivity contribution in [1.29, 1.82) is 0 Å². The van der Waals surface area contributed by atoms with E-state index in [0.29, 0.717) is 11.4 Å². The van der Waals surface area contributed by atoms with Crippen LogP contribution in [0.1, 0.15) is 0 Å². The van der Waals surface area contributed by atoms with Gasteiger partial charge in [0.05, 0.1) is 11.4 Å². The molecule has 4 radical (unpaired) electrons. The number of nitrogens with two attached hydrogens (primary N) is 2. The van der Waals surface area contributed by atoms with Crippen molar-refractivity contribution in [3.63, 3.8) is 0 Å². The largest absolute Gasteiger partial charge is 0.397 e. The Morgan fingerprint density at radius 3 is 1.44 bits per heavy atom. The molecule has 0 atom stereocenters. The third-order valence-electron chi connectivity index (χ3n) is 0.996. The van der Waals surface area contributed by atoms with Gasteiger partial charge in [-0.2, -0.15) is 0 Å². The van der Waals surface area contributed by atoms with Crippen molar-refractivity contribution in [3.05, 3.63) is 24.3 Å². The fourth-order valence-electron chi connectivity index (χ4n) is 0.511. The third kappa shape index (κ3) is 2.13. The summed E-state index contributed by atoms with van der Waals surface area (Å²) in [5.41, 5.74) is 12.1. The first-order valence-corrected chi connectivity index (χ1v) is 2.40. The second kappa shape index (κ2) is 3.61. The monoisotopic (exact) mass is 228 g/mol. The van der Waals surface area contributed by atoms with Gasteiger partial charge < -0.3 is 11.5 Å². The third-order valence-corrected chi connectivity index (χ3v) is 0.996. The van der Waals surface area contributed by atoms with Crippen LogP contribution >= 0.6 is 0 Å². The molecule has 4 N–H and O–H groups in total. The second-order valence-corrected chi connectivity index (χ2v) is 1.63. The number of rotatable bonds is 0. The molecule has 3 heteroatoms. The normalized spacial score (nSPS) is 8.00. The first-order valence-electron chi connectivity index (χ1n) is 2.40. The average Bonchev–Trinajstić information content (AvgIpc) is 1.77. The molecule has 0 aliphatic rings. The molecule has 2 nitrogen and oxygen atoms in total. The number of hydrogen-bond donors (Lipinski definition) is 2. The van der Waals surface area contributed by atoms with E-state index in [1.54, 1.807) is 12.1 Å². The van der Waals surface area contributed by atoms with E-state index in [2.05, 4.69) is 0 Å². The maximum absolute atomic E-state index is 5.39. The number of benzene rings is 1. The van der Waals surface area contributed by atoms with Crippen LogP contribution in [0.5, 0.6) is 0 Å². The number of nitrogen functional groups attached to an aromatic ring is 2. The molecule has 9 heavy (non-hydrogen) atoms. The van der Waals surface area contributed by atoms with E-state index in [1.807, 2.05) is 12.1 Å². The van der Waals surface area contributed by atoms with Crippen molar-refractivity contribution < 1.29 is 0 Å². The number of anilines is 2. The summed E-state index contributed by atoms with van der Waals surface area (Å²) < 4.78 is 0. The van der Waals surface area contributed by atoms with Crippen molar-refractivity contribution in [2.24, 2.45) is 0 Å². The molecule has 0 aromatic heterocycles. The first kappa shape index (κ1) is 8.62. The van der Waals surface area contributed by atoms with Crippen LogP contribution < -0.4 is 11.5 Å². The maximum atomic E-state index is 5.39. The molecule has 1 aromatic rings. The Labute approximate surface area is 71.2 Å². The van der Waals surface area contributed by atoms with Gasteiger partial charge in [0.25, 0.3) is 0 Å². The summed E-state index contributed by atoms with van der Waals surface area (Å²) >= 11 is 0. The van der Waals surface area contributed by atoms with Gasteiger partial charge in [0.15, 0.2) is 0 Å². The van der Waals surface area contributed by atoms with Gasteiger partial charge in [0, 0.05) is 23.9 Å². The van der Waals surface area contributed by atoms with E-state index in [9.17, 15) is 0 Å². The summed E-state index contributed by atoms with van der Waals surface area (Å²) in [5, 5.41) is 0. The van der Waals surface area contributed by atoms with Gasteiger partial charge in [-0.3, -0.25) is 0 Å². The van der Waals surface area contributed by atoms with Crippen LogP contribution in [-0.2, 0) is 0 Å². The molecule has 0 unspecified atom stereocenters. The second-order valence-electron chi connectivity index (χ2n) is 1.63. The van der Waals surface area contributed by atoms with Crippen LogP contribution in [0.15, 0.2) is 24.3 Å². The van der Waals surface area contributed by atoms with Gasteiger partial charge >= 0.3 is 0 Å². The Kier molecular flexibility index (Phi) is 3.45. The van der Waals surface area contributed by atoms with Gasteiger partial charge in [-0.05, 0) is 12.1 Å². The van der Waals surface area contributed by atoms with Gasteiger partial charge in [0.2, 0.25) is 0 Å². The Morgan fingerprint density at radius 1 is 0.889 bits per heavy atom. The summed E-state index contributed by atoms with van der Waals surface area (Å²) in [6.07, 6.45) is 0. The van der Waals surface area contributed by atoms with E-state index >= 15 is 0 Å². The molecule has 0 heterocycles. The molecule has 0 aliphatic carbocycles. The number of para-hydroxylation sites is 2. The van der Waals surface area contributed by atoms with E-state index in [1.165, 1.54) is 0 Å². The predicted octanol–water partition coefficient (Wildman–Crippen LogP) is 0.470. The Morgan fingerprint density at radius 2 is 1.22 bits per heavy atom. The predicted molar refractivity (Wildman–Crippen MR) is 41.0 cm³/mol. The molecule has 0 bridgehead atoms. The molecule has 0 saturated carbocycles. The Hall–Kier alpha value is -0.381. The van der Waals surface area contributed by atoms with Crippen LogP contribution in [0.2, 0.25) is 0 Å². The van der Waals surface area contributed by atoms with Crippen molar-refractivity contribution >= 4 is 35.3 Å². The van der Waals surface area contributed by atoms with Gasteiger partial charge in [-0.1, -0.05) is 12.1 Å². The van der Waals surface area contributed by atoms with E-state index in [0.717, 1.165) is 0 Å². The van der Waals surface area contributed by atoms with Crippen LogP contribution in [0, 0.1) is 0 Å². The standard InChI is InChI=1S/C6H8N2.Sn/c7-5-3-1-2-4-6(5)8;/h1-4H,7-8H2;. The van der Waals surface area contributed by atoms with Crippen molar-refractivity contribution in [2.45, 2.75) is 0 Å². The van der Waals surface area contributed by atoms with E-state index in [4.69, 9.17) is 11.5 Å². The summed E-state index contributed by atoms with van der Waals surface area (Å²) in [6, 6.07) is 7.25. The molecule has 0 aliphatic heterocycles. The first-order chi connectivity index (χ1) is 3.80. The Bertz CT molecular complexity index is 167.